The minimum atomic E-state index is -0.0264. The predicted octanol–water partition coefficient (Wildman–Crippen LogP) is 3.41. The first-order chi connectivity index (χ1) is 11.2. The average Bonchev–Trinajstić information content (AvgIpc) is 3.23. The molecule has 4 rings (SSSR count). The number of nitrogens with zero attached hydrogens (tertiary/aromatic N) is 2. The molecular formula is C18H22N2O3. The lowest BCUT2D eigenvalue weighted by atomic mass is 9.84. The zero-order chi connectivity index (χ0) is 15.8. The third-order valence-corrected chi connectivity index (χ3v) is 5.14. The Hall–Kier alpha value is -2.04. The van der Waals surface area contributed by atoms with E-state index in [-0.39, 0.29) is 11.8 Å². The van der Waals surface area contributed by atoms with E-state index in [0.717, 1.165) is 43.7 Å². The minimum absolute atomic E-state index is 0.0264. The molecule has 1 fully saturated rings. The fraction of sp³-hybridized carbons (Fsp3) is 0.556. The molecule has 2 aromatic rings. The van der Waals surface area contributed by atoms with Gasteiger partial charge in [0.1, 0.15) is 5.76 Å². The maximum Gasteiger partial charge on any atom is 0.289 e. The molecule has 3 heterocycles. The van der Waals surface area contributed by atoms with Gasteiger partial charge >= 0.3 is 0 Å². The number of hydrogen-bond donors (Lipinski definition) is 0. The van der Waals surface area contributed by atoms with Gasteiger partial charge in [-0.15, -0.1) is 0 Å². The van der Waals surface area contributed by atoms with Crippen molar-refractivity contribution in [2.45, 2.75) is 44.9 Å². The lowest BCUT2D eigenvalue weighted by Gasteiger charge is -2.31. The first kappa shape index (κ1) is 14.5. The van der Waals surface area contributed by atoms with Crippen LogP contribution >= 0.6 is 0 Å². The van der Waals surface area contributed by atoms with Crippen molar-refractivity contribution in [1.82, 2.24) is 10.1 Å². The molecule has 1 aliphatic carbocycles. The van der Waals surface area contributed by atoms with E-state index < -0.39 is 0 Å². The Labute approximate surface area is 135 Å². The molecule has 2 aliphatic rings. The number of carbonyl (C=O) groups excluding carboxylic acids is 1. The van der Waals surface area contributed by atoms with Crippen LogP contribution in [-0.4, -0.2) is 29.1 Å². The minimum Gasteiger partial charge on any atom is -0.459 e. The van der Waals surface area contributed by atoms with Crippen molar-refractivity contribution in [1.29, 1.82) is 0 Å². The lowest BCUT2D eigenvalue weighted by Crippen LogP contribution is -2.39. The Bertz CT molecular complexity index is 689. The van der Waals surface area contributed by atoms with E-state index >= 15 is 0 Å². The van der Waals surface area contributed by atoms with Gasteiger partial charge in [-0.1, -0.05) is 12.1 Å². The van der Waals surface area contributed by atoms with Gasteiger partial charge in [-0.05, 0) is 50.2 Å². The van der Waals surface area contributed by atoms with Crippen molar-refractivity contribution in [3.63, 3.8) is 0 Å². The summed E-state index contributed by atoms with van der Waals surface area (Å²) in [5.41, 5.74) is 2.44. The van der Waals surface area contributed by atoms with E-state index in [0.29, 0.717) is 18.2 Å². The topological polar surface area (TPSA) is 59.5 Å². The van der Waals surface area contributed by atoms with Crippen molar-refractivity contribution in [2.75, 3.05) is 13.1 Å². The molecule has 0 spiro atoms. The highest BCUT2D eigenvalue weighted by molar-refractivity contribution is 5.91. The van der Waals surface area contributed by atoms with Crippen LogP contribution in [-0.2, 0) is 12.8 Å². The Morgan fingerprint density at radius 2 is 2.30 bits per heavy atom. The quantitative estimate of drug-likeness (QED) is 0.852. The number of hydrogen-bond acceptors (Lipinski definition) is 4. The molecule has 2 aromatic heterocycles. The van der Waals surface area contributed by atoms with Crippen LogP contribution in [0.15, 0.2) is 27.3 Å². The third kappa shape index (κ3) is 2.69. The van der Waals surface area contributed by atoms with Gasteiger partial charge in [0.25, 0.3) is 5.91 Å². The Morgan fingerprint density at radius 3 is 3.13 bits per heavy atom. The number of amides is 1. The number of aryl methyl sites for hydroxylation is 1. The Morgan fingerprint density at radius 1 is 1.39 bits per heavy atom. The van der Waals surface area contributed by atoms with Gasteiger partial charge in [-0.3, -0.25) is 4.79 Å². The summed E-state index contributed by atoms with van der Waals surface area (Å²) in [5, 5.41) is 4.29. The second-order valence-corrected chi connectivity index (χ2v) is 6.89. The van der Waals surface area contributed by atoms with Gasteiger partial charge in [0.05, 0.1) is 12.0 Å². The Balaban J connectivity index is 1.54. The molecule has 2 atom stereocenters. The fourth-order valence-electron chi connectivity index (χ4n) is 3.86. The lowest BCUT2D eigenvalue weighted by molar-refractivity contribution is 0.0665. The molecule has 0 saturated carbocycles. The molecule has 23 heavy (non-hydrogen) atoms. The van der Waals surface area contributed by atoms with Gasteiger partial charge in [0.2, 0.25) is 0 Å². The van der Waals surface area contributed by atoms with Crippen LogP contribution < -0.4 is 0 Å². The number of likely N-dealkylation sites (tertiary alicyclic amines) is 1. The van der Waals surface area contributed by atoms with Gasteiger partial charge in [0, 0.05) is 24.6 Å². The highest BCUT2D eigenvalue weighted by Gasteiger charge is 2.33. The molecule has 1 saturated heterocycles. The summed E-state index contributed by atoms with van der Waals surface area (Å²) >= 11 is 0. The third-order valence-electron chi connectivity index (χ3n) is 5.14. The summed E-state index contributed by atoms with van der Waals surface area (Å²) in [4.78, 5) is 14.4. The SMILES string of the molecule is C[C@@H]1CCc2noc([C@H]3CCCN(C(=O)c4ccco4)C3)c2C1. The van der Waals surface area contributed by atoms with Crippen molar-refractivity contribution >= 4 is 5.91 Å². The van der Waals surface area contributed by atoms with Crippen molar-refractivity contribution in [3.8, 4) is 0 Å². The highest BCUT2D eigenvalue weighted by Crippen LogP contribution is 2.35. The van der Waals surface area contributed by atoms with Crippen molar-refractivity contribution in [3.05, 3.63) is 41.2 Å². The smallest absolute Gasteiger partial charge is 0.289 e. The maximum atomic E-state index is 12.5. The predicted molar refractivity (Wildman–Crippen MR) is 84.3 cm³/mol. The van der Waals surface area contributed by atoms with Crippen LogP contribution in [0.1, 0.15) is 59.7 Å². The van der Waals surface area contributed by atoms with E-state index in [1.165, 1.54) is 12.0 Å². The second-order valence-electron chi connectivity index (χ2n) is 6.89. The monoisotopic (exact) mass is 314 g/mol. The second kappa shape index (κ2) is 5.87. The standard InChI is InChI=1S/C18H22N2O3/c1-12-6-7-15-14(10-12)17(23-19-15)13-4-2-8-20(11-13)18(21)16-5-3-9-22-16/h3,5,9,12-13H,2,4,6-8,10-11H2,1H3/t12-,13+/m1/s1. The number of furan rings is 1. The Kier molecular flexibility index (Phi) is 3.71. The summed E-state index contributed by atoms with van der Waals surface area (Å²) in [6.45, 7) is 3.76. The molecule has 1 amide bonds. The van der Waals surface area contributed by atoms with Crippen LogP contribution in [0.3, 0.4) is 0 Å². The molecule has 0 aromatic carbocycles. The van der Waals surface area contributed by atoms with E-state index in [1.54, 1.807) is 18.4 Å². The molecular weight excluding hydrogens is 292 g/mol. The van der Waals surface area contributed by atoms with Gasteiger partial charge in [0.15, 0.2) is 5.76 Å². The summed E-state index contributed by atoms with van der Waals surface area (Å²) < 4.78 is 11.0. The molecule has 5 heteroatoms. The molecule has 0 N–H and O–H groups in total. The fourth-order valence-corrected chi connectivity index (χ4v) is 3.86. The first-order valence-corrected chi connectivity index (χ1v) is 8.52. The molecule has 0 bridgehead atoms. The van der Waals surface area contributed by atoms with Gasteiger partial charge < -0.3 is 13.8 Å². The van der Waals surface area contributed by atoms with E-state index in [2.05, 4.69) is 12.1 Å². The van der Waals surface area contributed by atoms with Crippen LogP contribution in [0, 0.1) is 5.92 Å². The molecule has 0 radical (unpaired) electrons. The van der Waals surface area contributed by atoms with Crippen LogP contribution in [0.25, 0.3) is 0 Å². The van der Waals surface area contributed by atoms with E-state index in [4.69, 9.17) is 8.94 Å². The molecule has 122 valence electrons. The highest BCUT2D eigenvalue weighted by atomic mass is 16.5. The molecule has 1 aliphatic heterocycles. The molecule has 5 nitrogen and oxygen atoms in total. The van der Waals surface area contributed by atoms with Crippen LogP contribution in [0.2, 0.25) is 0 Å². The molecule has 0 unspecified atom stereocenters. The normalized spacial score (nSPS) is 24.5. The van der Waals surface area contributed by atoms with Crippen molar-refractivity contribution in [2.24, 2.45) is 5.92 Å². The number of fused-ring (bicyclic) bond motifs is 1. The van der Waals surface area contributed by atoms with E-state index in [9.17, 15) is 4.79 Å². The largest absolute Gasteiger partial charge is 0.459 e. The maximum absolute atomic E-state index is 12.5. The van der Waals surface area contributed by atoms with Gasteiger partial charge in [-0.25, -0.2) is 0 Å². The summed E-state index contributed by atoms with van der Waals surface area (Å²) in [6.07, 6.45) is 6.84. The van der Waals surface area contributed by atoms with Gasteiger partial charge in [-0.2, -0.15) is 0 Å². The number of aromatic nitrogens is 1. The zero-order valence-corrected chi connectivity index (χ0v) is 13.5. The van der Waals surface area contributed by atoms with Crippen molar-refractivity contribution < 1.29 is 13.7 Å². The summed E-state index contributed by atoms with van der Waals surface area (Å²) in [5.74, 6) is 2.35. The summed E-state index contributed by atoms with van der Waals surface area (Å²) in [7, 11) is 0. The zero-order valence-electron chi connectivity index (χ0n) is 13.5. The van der Waals surface area contributed by atoms with Crippen LogP contribution in [0.5, 0.6) is 0 Å². The summed E-state index contributed by atoms with van der Waals surface area (Å²) in [6, 6.07) is 3.48. The average molecular weight is 314 g/mol. The first-order valence-electron chi connectivity index (χ1n) is 8.52. The van der Waals surface area contributed by atoms with Crippen LogP contribution in [0.4, 0.5) is 0 Å². The number of rotatable bonds is 2. The number of piperidine rings is 1. The number of carbonyl (C=O) groups is 1. The van der Waals surface area contributed by atoms with E-state index in [1.807, 2.05) is 4.90 Å².